The lowest BCUT2D eigenvalue weighted by Crippen LogP contribution is -1.84. The Bertz CT molecular complexity index is 549. The van der Waals surface area contributed by atoms with Crippen LogP contribution in [0.4, 0.5) is 8.78 Å². The lowest BCUT2D eigenvalue weighted by Gasteiger charge is -2.03. The first kappa shape index (κ1) is 12.3. The fourth-order valence-corrected chi connectivity index (χ4v) is 2.11. The van der Waals surface area contributed by atoms with Crippen LogP contribution in [0.2, 0.25) is 0 Å². The molecular weight excluding hydrogens is 260 g/mol. The van der Waals surface area contributed by atoms with Crippen molar-refractivity contribution in [3.05, 3.63) is 47.1 Å². The van der Waals surface area contributed by atoms with E-state index in [-0.39, 0.29) is 0 Å². The van der Waals surface area contributed by atoms with Gasteiger partial charge in [0.15, 0.2) is 0 Å². The van der Waals surface area contributed by atoms with Crippen molar-refractivity contribution in [1.82, 2.24) is 4.98 Å². The van der Waals surface area contributed by atoms with Gasteiger partial charge in [0, 0.05) is 21.3 Å². The second-order valence-corrected chi connectivity index (χ2v) is 4.88. The third-order valence-electron chi connectivity index (χ3n) is 2.16. The highest BCUT2D eigenvalue weighted by molar-refractivity contribution is 7.99. The SMILES string of the molecule is FC(F)Sc1ccc(-c2cc(=S)cc[nH]2)cc1. The van der Waals surface area contributed by atoms with Gasteiger partial charge >= 0.3 is 0 Å². The number of hydrogen-bond acceptors (Lipinski definition) is 2. The van der Waals surface area contributed by atoms with Gasteiger partial charge in [0.2, 0.25) is 0 Å². The molecule has 1 aromatic carbocycles. The molecule has 0 bridgehead atoms. The minimum Gasteiger partial charge on any atom is -0.361 e. The number of hydrogen-bond donors (Lipinski definition) is 1. The maximum atomic E-state index is 12.1. The molecule has 0 saturated heterocycles. The predicted octanol–water partition coefficient (Wildman–Crippen LogP) is 4.73. The Kier molecular flexibility index (Phi) is 3.91. The van der Waals surface area contributed by atoms with Crippen molar-refractivity contribution in [2.75, 3.05) is 0 Å². The zero-order valence-corrected chi connectivity index (χ0v) is 10.3. The minimum atomic E-state index is -2.39. The van der Waals surface area contributed by atoms with Crippen molar-refractivity contribution in [3.8, 4) is 11.3 Å². The lowest BCUT2D eigenvalue weighted by atomic mass is 10.1. The maximum absolute atomic E-state index is 12.1. The molecule has 1 aromatic heterocycles. The van der Waals surface area contributed by atoms with E-state index in [9.17, 15) is 8.78 Å². The van der Waals surface area contributed by atoms with Gasteiger partial charge in [-0.3, -0.25) is 0 Å². The fourth-order valence-electron chi connectivity index (χ4n) is 1.43. The van der Waals surface area contributed by atoms with Crippen molar-refractivity contribution < 1.29 is 8.78 Å². The molecule has 5 heteroatoms. The van der Waals surface area contributed by atoms with Crippen LogP contribution in [0.25, 0.3) is 11.3 Å². The summed E-state index contributed by atoms with van der Waals surface area (Å²) in [4.78, 5) is 3.62. The number of halogens is 2. The largest absolute Gasteiger partial charge is 0.361 e. The van der Waals surface area contributed by atoms with Crippen LogP contribution in [-0.4, -0.2) is 10.7 Å². The number of aromatic nitrogens is 1. The van der Waals surface area contributed by atoms with Crippen LogP contribution in [0.1, 0.15) is 0 Å². The second kappa shape index (κ2) is 5.42. The monoisotopic (exact) mass is 269 g/mol. The normalized spacial score (nSPS) is 10.8. The highest BCUT2D eigenvalue weighted by Gasteiger charge is 2.05. The summed E-state index contributed by atoms with van der Waals surface area (Å²) >= 11 is 5.60. The smallest absolute Gasteiger partial charge is 0.288 e. The standard InChI is InChI=1S/C12H9F2NS2/c13-12(14)17-10-3-1-8(2-4-10)11-7-9(16)5-6-15-11/h1-7,12H,(H,15,16). The first-order valence-corrected chi connectivity index (χ1v) is 6.18. The van der Waals surface area contributed by atoms with E-state index in [2.05, 4.69) is 4.98 Å². The van der Waals surface area contributed by atoms with Gasteiger partial charge in [-0.1, -0.05) is 36.1 Å². The Morgan fingerprint density at radius 3 is 2.41 bits per heavy atom. The molecule has 1 nitrogen and oxygen atoms in total. The molecule has 17 heavy (non-hydrogen) atoms. The number of nitrogens with one attached hydrogen (secondary N) is 1. The molecule has 0 spiro atoms. The molecule has 2 rings (SSSR count). The second-order valence-electron chi connectivity index (χ2n) is 3.34. The molecule has 0 unspecified atom stereocenters. The van der Waals surface area contributed by atoms with Gasteiger partial charge in [0.05, 0.1) is 0 Å². The molecule has 88 valence electrons. The van der Waals surface area contributed by atoms with E-state index in [0.29, 0.717) is 16.7 Å². The number of alkyl halides is 2. The van der Waals surface area contributed by atoms with Gasteiger partial charge in [-0.15, -0.1) is 0 Å². The third-order valence-corrected chi connectivity index (χ3v) is 3.14. The molecule has 0 aliphatic carbocycles. The topological polar surface area (TPSA) is 15.8 Å². The summed E-state index contributed by atoms with van der Waals surface area (Å²) in [6.45, 7) is 0. The highest BCUT2D eigenvalue weighted by Crippen LogP contribution is 2.27. The van der Waals surface area contributed by atoms with Crippen molar-refractivity contribution in [2.45, 2.75) is 10.7 Å². The summed E-state index contributed by atoms with van der Waals surface area (Å²) in [5.41, 5.74) is 1.81. The van der Waals surface area contributed by atoms with Crippen molar-refractivity contribution in [1.29, 1.82) is 0 Å². The molecule has 0 radical (unpaired) electrons. The van der Waals surface area contributed by atoms with Gasteiger partial charge in [-0.25, -0.2) is 0 Å². The van der Waals surface area contributed by atoms with Crippen LogP contribution < -0.4 is 0 Å². The van der Waals surface area contributed by atoms with Crippen molar-refractivity contribution in [3.63, 3.8) is 0 Å². The number of rotatable bonds is 3. The van der Waals surface area contributed by atoms with Gasteiger partial charge in [0.1, 0.15) is 0 Å². The highest BCUT2D eigenvalue weighted by atomic mass is 32.2. The Morgan fingerprint density at radius 2 is 1.82 bits per heavy atom. The van der Waals surface area contributed by atoms with E-state index in [1.54, 1.807) is 36.5 Å². The Balaban J connectivity index is 2.26. The number of pyridine rings is 1. The molecule has 0 aliphatic heterocycles. The Morgan fingerprint density at radius 1 is 1.12 bits per heavy atom. The molecular formula is C12H9F2NS2. The molecule has 1 heterocycles. The van der Waals surface area contributed by atoms with Crippen LogP contribution in [0.15, 0.2) is 47.5 Å². The van der Waals surface area contributed by atoms with Crippen LogP contribution in [0.5, 0.6) is 0 Å². The number of aromatic amines is 1. The summed E-state index contributed by atoms with van der Waals surface area (Å²) < 4.78 is 25.0. The summed E-state index contributed by atoms with van der Waals surface area (Å²) in [5.74, 6) is -2.39. The molecule has 0 atom stereocenters. The summed E-state index contributed by atoms with van der Waals surface area (Å²) in [6.07, 6.45) is 1.76. The quantitative estimate of drug-likeness (QED) is 0.640. The fraction of sp³-hybridized carbons (Fsp3) is 0.0833. The number of H-pyrrole nitrogens is 1. The third kappa shape index (κ3) is 3.38. The zero-order valence-electron chi connectivity index (χ0n) is 8.69. The van der Waals surface area contributed by atoms with Gasteiger partial charge in [-0.2, -0.15) is 8.78 Å². The van der Waals surface area contributed by atoms with Crippen LogP contribution in [-0.2, 0) is 0 Å². The molecule has 0 amide bonds. The molecule has 0 fully saturated rings. The van der Waals surface area contributed by atoms with Gasteiger partial charge < -0.3 is 4.98 Å². The molecule has 1 N–H and O–H groups in total. The average Bonchev–Trinajstić information content (AvgIpc) is 2.29. The van der Waals surface area contributed by atoms with E-state index < -0.39 is 5.76 Å². The number of benzene rings is 1. The first-order valence-electron chi connectivity index (χ1n) is 4.89. The molecule has 2 aromatic rings. The van der Waals surface area contributed by atoms with Gasteiger partial charge in [0.25, 0.3) is 5.76 Å². The Hall–Kier alpha value is -1.20. The van der Waals surface area contributed by atoms with Crippen molar-refractivity contribution in [2.24, 2.45) is 0 Å². The van der Waals surface area contributed by atoms with Crippen LogP contribution >= 0.6 is 24.0 Å². The minimum absolute atomic E-state index is 0.541. The van der Waals surface area contributed by atoms with E-state index in [1.807, 2.05) is 6.07 Å². The van der Waals surface area contributed by atoms with Crippen LogP contribution in [0.3, 0.4) is 0 Å². The van der Waals surface area contributed by atoms with Gasteiger partial charge in [-0.05, 0) is 29.8 Å². The zero-order chi connectivity index (χ0) is 12.3. The van der Waals surface area contributed by atoms with E-state index in [4.69, 9.17) is 12.2 Å². The summed E-state index contributed by atoms with van der Waals surface area (Å²) in [7, 11) is 0. The van der Waals surface area contributed by atoms with Crippen molar-refractivity contribution >= 4 is 24.0 Å². The maximum Gasteiger partial charge on any atom is 0.288 e. The molecule has 0 aliphatic rings. The summed E-state index contributed by atoms with van der Waals surface area (Å²) in [6, 6.07) is 10.6. The molecule has 0 saturated carbocycles. The number of thioether (sulfide) groups is 1. The summed E-state index contributed by atoms with van der Waals surface area (Å²) in [5, 5.41) is 0. The Labute approximate surface area is 107 Å². The average molecular weight is 269 g/mol. The van der Waals surface area contributed by atoms with E-state index in [1.165, 1.54) is 0 Å². The van der Waals surface area contributed by atoms with Crippen LogP contribution in [0, 0.1) is 4.51 Å². The van der Waals surface area contributed by atoms with E-state index in [0.717, 1.165) is 15.8 Å². The lowest BCUT2D eigenvalue weighted by molar-refractivity contribution is 0.252. The first-order chi connectivity index (χ1) is 8.15. The predicted molar refractivity (Wildman–Crippen MR) is 68.9 cm³/mol. The van der Waals surface area contributed by atoms with E-state index >= 15 is 0 Å².